The lowest BCUT2D eigenvalue weighted by molar-refractivity contribution is 0.506. The third-order valence-corrected chi connectivity index (χ3v) is 2.67. The van der Waals surface area contributed by atoms with Crippen molar-refractivity contribution in [2.75, 3.05) is 6.54 Å². The fourth-order valence-corrected chi connectivity index (χ4v) is 1.39. The number of halogens is 1. The van der Waals surface area contributed by atoms with E-state index in [9.17, 15) is 0 Å². The minimum Gasteiger partial charge on any atom is -0.310 e. The third kappa shape index (κ3) is 4.13. The zero-order valence-electron chi connectivity index (χ0n) is 7.94. The summed E-state index contributed by atoms with van der Waals surface area (Å²) in [7, 11) is 0. The van der Waals surface area contributed by atoms with Crippen molar-refractivity contribution >= 4 is 11.6 Å². The molecule has 12 heavy (non-hydrogen) atoms. The molecule has 0 aromatic carbocycles. The van der Waals surface area contributed by atoms with Gasteiger partial charge in [0.25, 0.3) is 0 Å². The molecule has 70 valence electrons. The molecule has 2 heteroatoms. The van der Waals surface area contributed by atoms with Gasteiger partial charge in [-0.1, -0.05) is 24.4 Å². The van der Waals surface area contributed by atoms with Crippen molar-refractivity contribution < 1.29 is 0 Å². The second kappa shape index (κ2) is 4.88. The van der Waals surface area contributed by atoms with Crippen LogP contribution in [-0.4, -0.2) is 12.6 Å². The Morgan fingerprint density at radius 2 is 2.33 bits per heavy atom. The molecule has 0 bridgehead atoms. The van der Waals surface area contributed by atoms with E-state index in [2.05, 4.69) is 12.2 Å². The van der Waals surface area contributed by atoms with E-state index in [-0.39, 0.29) is 0 Å². The summed E-state index contributed by atoms with van der Waals surface area (Å²) in [4.78, 5) is 0. The Morgan fingerprint density at radius 3 is 2.83 bits per heavy atom. The Bertz CT molecular complexity index is 161. The van der Waals surface area contributed by atoms with Crippen LogP contribution in [0, 0.1) is 5.92 Å². The average molecular weight is 188 g/mol. The molecule has 1 N–H and O–H groups in total. The second-order valence-electron chi connectivity index (χ2n) is 3.92. The van der Waals surface area contributed by atoms with E-state index in [1.54, 1.807) is 5.54 Å². The first-order valence-electron chi connectivity index (χ1n) is 4.71. The molecular weight excluding hydrogens is 170 g/mol. The fraction of sp³-hybridized carbons (Fsp3) is 0.800. The van der Waals surface area contributed by atoms with Gasteiger partial charge in [0, 0.05) is 18.1 Å². The molecule has 1 nitrogen and oxygen atoms in total. The van der Waals surface area contributed by atoms with Crippen molar-refractivity contribution in [3.63, 3.8) is 0 Å². The van der Waals surface area contributed by atoms with E-state index >= 15 is 0 Å². The Morgan fingerprint density at radius 1 is 1.67 bits per heavy atom. The molecule has 1 fully saturated rings. The van der Waals surface area contributed by atoms with Gasteiger partial charge in [0.05, 0.1) is 0 Å². The van der Waals surface area contributed by atoms with Crippen molar-refractivity contribution in [3.8, 4) is 0 Å². The molecule has 1 saturated carbocycles. The highest BCUT2D eigenvalue weighted by Crippen LogP contribution is 2.33. The van der Waals surface area contributed by atoms with E-state index < -0.39 is 0 Å². The standard InChI is InChI=1S/C10H18ClN/c1-8(6-11)7-12-9(2)5-10-3-4-10/h6,9-10,12H,3-5,7H2,1-2H3. The van der Waals surface area contributed by atoms with Crippen LogP contribution in [0.2, 0.25) is 0 Å². The van der Waals surface area contributed by atoms with Gasteiger partial charge < -0.3 is 5.32 Å². The van der Waals surface area contributed by atoms with Crippen LogP contribution in [0.15, 0.2) is 11.1 Å². The van der Waals surface area contributed by atoms with Crippen molar-refractivity contribution in [2.45, 2.75) is 39.2 Å². The van der Waals surface area contributed by atoms with Crippen LogP contribution in [-0.2, 0) is 0 Å². The normalized spacial score (nSPS) is 21.1. The van der Waals surface area contributed by atoms with Crippen LogP contribution in [0.25, 0.3) is 0 Å². The minimum absolute atomic E-state index is 0.643. The molecule has 1 rings (SSSR count). The molecular formula is C10H18ClN. The number of hydrogen-bond donors (Lipinski definition) is 1. The van der Waals surface area contributed by atoms with Gasteiger partial charge in [-0.05, 0) is 31.8 Å². The maximum absolute atomic E-state index is 5.55. The van der Waals surface area contributed by atoms with Crippen molar-refractivity contribution in [2.24, 2.45) is 5.92 Å². The molecule has 1 atom stereocenters. The highest BCUT2D eigenvalue weighted by atomic mass is 35.5. The summed E-state index contributed by atoms with van der Waals surface area (Å²) in [6.07, 6.45) is 4.21. The Balaban J connectivity index is 2.04. The van der Waals surface area contributed by atoms with Gasteiger partial charge in [0.15, 0.2) is 0 Å². The first kappa shape index (κ1) is 10.1. The largest absolute Gasteiger partial charge is 0.310 e. The molecule has 0 heterocycles. The second-order valence-corrected chi connectivity index (χ2v) is 4.13. The molecule has 0 amide bonds. The predicted molar refractivity (Wildman–Crippen MR) is 54.4 cm³/mol. The average Bonchev–Trinajstić information content (AvgIpc) is 2.84. The summed E-state index contributed by atoms with van der Waals surface area (Å²) >= 11 is 5.55. The van der Waals surface area contributed by atoms with Crippen molar-refractivity contribution in [1.82, 2.24) is 5.32 Å². The molecule has 0 aliphatic heterocycles. The van der Waals surface area contributed by atoms with Gasteiger partial charge in [-0.2, -0.15) is 0 Å². The number of hydrogen-bond acceptors (Lipinski definition) is 1. The van der Waals surface area contributed by atoms with E-state index in [0.717, 1.165) is 12.5 Å². The fourth-order valence-electron chi connectivity index (χ4n) is 1.31. The van der Waals surface area contributed by atoms with Gasteiger partial charge in [-0.15, -0.1) is 0 Å². The summed E-state index contributed by atoms with van der Waals surface area (Å²) in [6, 6.07) is 0.643. The zero-order valence-corrected chi connectivity index (χ0v) is 8.69. The van der Waals surface area contributed by atoms with Crippen LogP contribution in [0.3, 0.4) is 0 Å². The molecule has 0 spiro atoms. The van der Waals surface area contributed by atoms with Gasteiger partial charge >= 0.3 is 0 Å². The van der Waals surface area contributed by atoms with E-state index in [1.165, 1.54) is 24.8 Å². The lowest BCUT2D eigenvalue weighted by Gasteiger charge is -2.12. The zero-order chi connectivity index (χ0) is 8.97. The summed E-state index contributed by atoms with van der Waals surface area (Å²) in [5.74, 6) is 1.01. The van der Waals surface area contributed by atoms with E-state index in [4.69, 9.17) is 11.6 Å². The first-order chi connectivity index (χ1) is 5.72. The van der Waals surface area contributed by atoms with E-state index in [1.807, 2.05) is 6.92 Å². The molecule has 1 aliphatic rings. The SMILES string of the molecule is CC(=CCl)CNC(C)CC1CC1. The van der Waals surface area contributed by atoms with Crippen LogP contribution in [0.4, 0.5) is 0 Å². The first-order valence-corrected chi connectivity index (χ1v) is 5.15. The van der Waals surface area contributed by atoms with Gasteiger partial charge in [-0.3, -0.25) is 0 Å². The summed E-state index contributed by atoms with van der Waals surface area (Å²) in [5.41, 5.74) is 2.86. The summed E-state index contributed by atoms with van der Waals surface area (Å²) < 4.78 is 0. The molecule has 0 radical (unpaired) electrons. The number of rotatable bonds is 5. The quantitative estimate of drug-likeness (QED) is 0.698. The van der Waals surface area contributed by atoms with Crippen LogP contribution in [0.1, 0.15) is 33.1 Å². The molecule has 0 saturated heterocycles. The highest BCUT2D eigenvalue weighted by molar-refractivity contribution is 6.25. The van der Waals surface area contributed by atoms with E-state index in [0.29, 0.717) is 6.04 Å². The summed E-state index contributed by atoms with van der Waals surface area (Å²) in [6.45, 7) is 5.22. The monoisotopic (exact) mass is 187 g/mol. The smallest absolute Gasteiger partial charge is 0.0176 e. The van der Waals surface area contributed by atoms with Crippen LogP contribution in [0.5, 0.6) is 0 Å². The lowest BCUT2D eigenvalue weighted by Crippen LogP contribution is -2.27. The molecule has 0 aromatic heterocycles. The topological polar surface area (TPSA) is 12.0 Å². The Labute approximate surface area is 80.2 Å². The van der Waals surface area contributed by atoms with Crippen LogP contribution >= 0.6 is 11.6 Å². The summed E-state index contributed by atoms with van der Waals surface area (Å²) in [5, 5.41) is 3.45. The molecule has 1 unspecified atom stereocenters. The molecule has 0 aromatic rings. The van der Waals surface area contributed by atoms with Crippen molar-refractivity contribution in [3.05, 3.63) is 11.1 Å². The van der Waals surface area contributed by atoms with Crippen molar-refractivity contribution in [1.29, 1.82) is 0 Å². The maximum Gasteiger partial charge on any atom is 0.0176 e. The van der Waals surface area contributed by atoms with Gasteiger partial charge in [-0.25, -0.2) is 0 Å². The van der Waals surface area contributed by atoms with Gasteiger partial charge in [0.2, 0.25) is 0 Å². The highest BCUT2D eigenvalue weighted by Gasteiger charge is 2.22. The minimum atomic E-state index is 0.643. The third-order valence-electron chi connectivity index (χ3n) is 2.30. The molecule has 1 aliphatic carbocycles. The predicted octanol–water partition coefficient (Wildman–Crippen LogP) is 2.91. The lowest BCUT2D eigenvalue weighted by atomic mass is 10.1. The van der Waals surface area contributed by atoms with Crippen LogP contribution < -0.4 is 5.32 Å². The number of nitrogens with one attached hydrogen (secondary N) is 1. The maximum atomic E-state index is 5.55. The van der Waals surface area contributed by atoms with Gasteiger partial charge in [0.1, 0.15) is 0 Å². The Hall–Kier alpha value is -0.0100. The Kier molecular flexibility index (Phi) is 4.10.